The minimum absolute atomic E-state index is 0.0960. The Kier molecular flexibility index (Phi) is 4.12. The van der Waals surface area contributed by atoms with Crippen LogP contribution in [0, 0.1) is 13.8 Å². The number of hydrogen-bond donors (Lipinski definition) is 1. The highest BCUT2D eigenvalue weighted by molar-refractivity contribution is 5.63. The van der Waals surface area contributed by atoms with Crippen LogP contribution >= 0.6 is 0 Å². The molecule has 2 aromatic rings. The second-order valence-electron chi connectivity index (χ2n) is 4.72. The summed E-state index contributed by atoms with van der Waals surface area (Å²) < 4.78 is 0. The van der Waals surface area contributed by atoms with E-state index in [1.165, 1.54) is 11.1 Å². The highest BCUT2D eigenvalue weighted by atomic mass is 16.3. The van der Waals surface area contributed by atoms with E-state index in [0.29, 0.717) is 12.5 Å². The van der Waals surface area contributed by atoms with Gasteiger partial charge in [-0.2, -0.15) is 0 Å². The van der Waals surface area contributed by atoms with Gasteiger partial charge in [-0.3, -0.25) is 0 Å². The van der Waals surface area contributed by atoms with Gasteiger partial charge in [0, 0.05) is 31.5 Å². The number of likely N-dealkylation sites (N-methyl/N-ethyl adjacent to an activating group) is 1. The Hall–Kier alpha value is -1.94. The zero-order valence-corrected chi connectivity index (χ0v) is 11.6. The molecule has 0 unspecified atom stereocenters. The van der Waals surface area contributed by atoms with Crippen LogP contribution in [0.1, 0.15) is 11.1 Å². The molecule has 0 fully saturated rings. The van der Waals surface area contributed by atoms with E-state index in [2.05, 4.69) is 42.0 Å². The Morgan fingerprint density at radius 3 is 2.32 bits per heavy atom. The average Bonchev–Trinajstić information content (AvgIpc) is 2.42. The average molecular weight is 257 g/mol. The molecule has 0 amide bonds. The fourth-order valence-corrected chi connectivity index (χ4v) is 1.84. The van der Waals surface area contributed by atoms with Gasteiger partial charge < -0.3 is 10.0 Å². The molecule has 19 heavy (non-hydrogen) atoms. The molecule has 0 radical (unpaired) electrons. The zero-order valence-electron chi connectivity index (χ0n) is 11.6. The van der Waals surface area contributed by atoms with E-state index < -0.39 is 0 Å². The number of aliphatic hydroxyl groups excluding tert-OH is 1. The number of rotatable bonds is 4. The minimum Gasteiger partial charge on any atom is -0.395 e. The molecule has 4 heteroatoms. The summed E-state index contributed by atoms with van der Waals surface area (Å²) in [5.74, 6) is 0.627. The third kappa shape index (κ3) is 3.09. The van der Waals surface area contributed by atoms with Gasteiger partial charge in [-0.05, 0) is 30.5 Å². The maximum atomic E-state index is 8.89. The molecule has 4 nitrogen and oxygen atoms in total. The lowest BCUT2D eigenvalue weighted by Gasteiger charge is -2.15. The topological polar surface area (TPSA) is 49.2 Å². The van der Waals surface area contributed by atoms with Crippen LogP contribution in [0.4, 0.5) is 5.95 Å². The third-order valence-electron chi connectivity index (χ3n) is 3.26. The molecule has 0 atom stereocenters. The lowest BCUT2D eigenvalue weighted by atomic mass is 10.0. The van der Waals surface area contributed by atoms with Gasteiger partial charge in [0.25, 0.3) is 0 Å². The van der Waals surface area contributed by atoms with Gasteiger partial charge in [-0.15, -0.1) is 0 Å². The highest BCUT2D eigenvalue weighted by Crippen LogP contribution is 2.21. The summed E-state index contributed by atoms with van der Waals surface area (Å²) in [5, 5.41) is 8.89. The zero-order chi connectivity index (χ0) is 13.8. The lowest BCUT2D eigenvalue weighted by Crippen LogP contribution is -2.23. The summed E-state index contributed by atoms with van der Waals surface area (Å²) in [4.78, 5) is 10.5. The highest BCUT2D eigenvalue weighted by Gasteiger charge is 2.05. The first-order valence-electron chi connectivity index (χ1n) is 6.33. The van der Waals surface area contributed by atoms with Crippen LogP contribution < -0.4 is 4.90 Å². The maximum absolute atomic E-state index is 8.89. The molecule has 100 valence electrons. The van der Waals surface area contributed by atoms with Crippen molar-refractivity contribution in [3.05, 3.63) is 41.7 Å². The molecule has 1 heterocycles. The molecule has 1 aromatic heterocycles. The van der Waals surface area contributed by atoms with E-state index in [-0.39, 0.29) is 6.61 Å². The SMILES string of the molecule is Cc1ccc(-c2cnc(N(C)CCO)nc2)cc1C. The van der Waals surface area contributed by atoms with Crippen LogP contribution in [-0.2, 0) is 0 Å². The predicted molar refractivity (Wildman–Crippen MR) is 77.3 cm³/mol. The maximum Gasteiger partial charge on any atom is 0.225 e. The van der Waals surface area contributed by atoms with Gasteiger partial charge in [-0.25, -0.2) is 9.97 Å². The van der Waals surface area contributed by atoms with Crippen molar-refractivity contribution in [2.45, 2.75) is 13.8 Å². The molecule has 0 aliphatic rings. The van der Waals surface area contributed by atoms with E-state index >= 15 is 0 Å². The molecular weight excluding hydrogens is 238 g/mol. The van der Waals surface area contributed by atoms with E-state index in [1.54, 1.807) is 0 Å². The second kappa shape index (κ2) is 5.80. The van der Waals surface area contributed by atoms with Crippen LogP contribution in [0.25, 0.3) is 11.1 Å². The lowest BCUT2D eigenvalue weighted by molar-refractivity contribution is 0.303. The van der Waals surface area contributed by atoms with Crippen molar-refractivity contribution in [3.63, 3.8) is 0 Å². The second-order valence-corrected chi connectivity index (χ2v) is 4.72. The van der Waals surface area contributed by atoms with Crippen LogP contribution in [0.5, 0.6) is 0 Å². The van der Waals surface area contributed by atoms with Gasteiger partial charge in [0.15, 0.2) is 0 Å². The summed E-state index contributed by atoms with van der Waals surface area (Å²) in [7, 11) is 1.86. The third-order valence-corrected chi connectivity index (χ3v) is 3.26. The van der Waals surface area contributed by atoms with Gasteiger partial charge in [0.05, 0.1) is 6.61 Å². The largest absolute Gasteiger partial charge is 0.395 e. The van der Waals surface area contributed by atoms with Crippen molar-refractivity contribution in [1.82, 2.24) is 9.97 Å². The first kappa shape index (κ1) is 13.5. The van der Waals surface area contributed by atoms with E-state index in [4.69, 9.17) is 5.11 Å². The molecule has 0 aliphatic heterocycles. The number of aryl methyl sites for hydroxylation is 2. The fourth-order valence-electron chi connectivity index (χ4n) is 1.84. The van der Waals surface area contributed by atoms with Crippen molar-refractivity contribution in [1.29, 1.82) is 0 Å². The first-order chi connectivity index (χ1) is 9.11. The summed E-state index contributed by atoms with van der Waals surface area (Å²) in [5.41, 5.74) is 4.67. The molecule has 0 saturated heterocycles. The van der Waals surface area contributed by atoms with E-state index in [9.17, 15) is 0 Å². The summed E-state index contributed by atoms with van der Waals surface area (Å²) in [6.45, 7) is 4.83. The number of benzene rings is 1. The number of nitrogens with zero attached hydrogens (tertiary/aromatic N) is 3. The van der Waals surface area contributed by atoms with Crippen molar-refractivity contribution in [2.75, 3.05) is 25.1 Å². The van der Waals surface area contributed by atoms with Crippen LogP contribution in [0.2, 0.25) is 0 Å². The smallest absolute Gasteiger partial charge is 0.225 e. The molecular formula is C15H19N3O. The minimum atomic E-state index is 0.0960. The number of aliphatic hydroxyl groups is 1. The number of hydrogen-bond acceptors (Lipinski definition) is 4. The summed E-state index contributed by atoms with van der Waals surface area (Å²) >= 11 is 0. The van der Waals surface area contributed by atoms with Crippen molar-refractivity contribution >= 4 is 5.95 Å². The Labute approximate surface area is 113 Å². The Balaban J connectivity index is 2.24. The molecule has 2 rings (SSSR count). The molecule has 0 aliphatic carbocycles. The van der Waals surface area contributed by atoms with Crippen LogP contribution in [0.15, 0.2) is 30.6 Å². The summed E-state index contributed by atoms with van der Waals surface area (Å²) in [6.07, 6.45) is 3.64. The van der Waals surface area contributed by atoms with Gasteiger partial charge >= 0.3 is 0 Å². The summed E-state index contributed by atoms with van der Waals surface area (Å²) in [6, 6.07) is 6.33. The van der Waals surface area contributed by atoms with Crippen LogP contribution in [-0.4, -0.2) is 35.3 Å². The molecule has 1 N–H and O–H groups in total. The van der Waals surface area contributed by atoms with Crippen molar-refractivity contribution in [3.8, 4) is 11.1 Å². The normalized spacial score (nSPS) is 10.5. The van der Waals surface area contributed by atoms with Crippen molar-refractivity contribution in [2.24, 2.45) is 0 Å². The van der Waals surface area contributed by atoms with E-state index in [0.717, 1.165) is 11.1 Å². The molecule has 0 spiro atoms. The van der Waals surface area contributed by atoms with Gasteiger partial charge in [0.1, 0.15) is 0 Å². The Morgan fingerprint density at radius 1 is 1.05 bits per heavy atom. The number of aromatic nitrogens is 2. The molecule has 1 aromatic carbocycles. The molecule has 0 bridgehead atoms. The number of anilines is 1. The fraction of sp³-hybridized carbons (Fsp3) is 0.333. The Morgan fingerprint density at radius 2 is 1.74 bits per heavy atom. The molecule has 0 saturated carbocycles. The quantitative estimate of drug-likeness (QED) is 0.912. The monoisotopic (exact) mass is 257 g/mol. The van der Waals surface area contributed by atoms with Gasteiger partial charge in [0.2, 0.25) is 5.95 Å². The van der Waals surface area contributed by atoms with E-state index in [1.807, 2.05) is 24.3 Å². The Bertz CT molecular complexity index is 552. The standard InChI is InChI=1S/C15H19N3O/c1-11-4-5-13(8-12(11)2)14-9-16-15(17-10-14)18(3)6-7-19/h4-5,8-10,19H,6-7H2,1-3H3. The van der Waals surface area contributed by atoms with Crippen LogP contribution in [0.3, 0.4) is 0 Å². The predicted octanol–water partition coefficient (Wildman–Crippen LogP) is 2.19. The van der Waals surface area contributed by atoms with Gasteiger partial charge in [-0.1, -0.05) is 18.2 Å². The first-order valence-corrected chi connectivity index (χ1v) is 6.33. The van der Waals surface area contributed by atoms with Crippen molar-refractivity contribution < 1.29 is 5.11 Å².